The zero-order chi connectivity index (χ0) is 10.9. The minimum absolute atomic E-state index is 0.186. The molecule has 0 aliphatic rings. The summed E-state index contributed by atoms with van der Waals surface area (Å²) in [5, 5.41) is 0. The van der Waals surface area contributed by atoms with Gasteiger partial charge in [-0.1, -0.05) is 17.7 Å². The molecule has 0 unspecified atom stereocenters. The Morgan fingerprint density at radius 2 is 1.67 bits per heavy atom. The Kier molecular flexibility index (Phi) is 2.36. The highest BCUT2D eigenvalue weighted by Crippen LogP contribution is 2.20. The summed E-state index contributed by atoms with van der Waals surface area (Å²) < 4.78 is 28.7. The van der Waals surface area contributed by atoms with Crippen molar-refractivity contribution in [2.75, 3.05) is 0 Å². The molecule has 2 aromatic rings. The maximum Gasteiger partial charge on any atom is 0.209 e. The van der Waals surface area contributed by atoms with Gasteiger partial charge in [0.15, 0.2) is 0 Å². The minimum atomic E-state index is -3.41. The van der Waals surface area contributed by atoms with Gasteiger partial charge in [0.1, 0.15) is 11.2 Å². The lowest BCUT2D eigenvalue weighted by Gasteiger charge is -2.01. The topological polar surface area (TPSA) is 47.3 Å². The van der Waals surface area contributed by atoms with Gasteiger partial charge >= 0.3 is 0 Å². The van der Waals surface area contributed by atoms with Gasteiger partial charge in [-0.3, -0.25) is 0 Å². The summed E-state index contributed by atoms with van der Waals surface area (Å²) in [6.45, 7) is 1.91. The third-order valence-corrected chi connectivity index (χ3v) is 3.88. The molecule has 0 saturated heterocycles. The molecule has 0 aliphatic heterocycles. The van der Waals surface area contributed by atoms with Gasteiger partial charge in [-0.05, 0) is 25.1 Å². The maximum absolute atomic E-state index is 11.9. The van der Waals surface area contributed by atoms with E-state index in [-0.39, 0.29) is 9.79 Å². The summed E-state index contributed by atoms with van der Waals surface area (Å²) in [5.74, 6) is 0. The molecule has 0 fully saturated rings. The zero-order valence-electron chi connectivity index (χ0n) is 8.17. The second kappa shape index (κ2) is 3.55. The van der Waals surface area contributed by atoms with Crippen molar-refractivity contribution >= 4 is 9.84 Å². The van der Waals surface area contributed by atoms with Gasteiger partial charge in [-0.2, -0.15) is 0 Å². The fraction of sp³-hybridized carbons (Fsp3) is 0.0909. The lowest BCUT2D eigenvalue weighted by atomic mass is 10.2. The molecule has 0 spiro atoms. The molecule has 0 saturated carbocycles. The first-order chi connectivity index (χ1) is 7.10. The number of hydrogen-bond acceptors (Lipinski definition) is 3. The SMILES string of the molecule is Cc1ccc(S(=O)(=O)c2ccoc2)cc1. The maximum atomic E-state index is 11.9. The van der Waals surface area contributed by atoms with Crippen molar-refractivity contribution < 1.29 is 12.8 Å². The molecule has 2 rings (SSSR count). The van der Waals surface area contributed by atoms with Crippen LogP contribution in [0.25, 0.3) is 0 Å². The van der Waals surface area contributed by atoms with Crippen molar-refractivity contribution in [1.82, 2.24) is 0 Å². The summed E-state index contributed by atoms with van der Waals surface area (Å²) in [6, 6.07) is 8.17. The van der Waals surface area contributed by atoms with E-state index in [0.29, 0.717) is 0 Å². The molecule has 0 N–H and O–H groups in total. The second-order valence-corrected chi connectivity index (χ2v) is 5.23. The van der Waals surface area contributed by atoms with Crippen LogP contribution in [0.3, 0.4) is 0 Å². The monoisotopic (exact) mass is 222 g/mol. The Balaban J connectivity index is 2.52. The van der Waals surface area contributed by atoms with Gasteiger partial charge in [0.25, 0.3) is 0 Å². The Hall–Kier alpha value is -1.55. The third-order valence-electron chi connectivity index (χ3n) is 2.14. The number of hydrogen-bond donors (Lipinski definition) is 0. The Morgan fingerprint density at radius 3 is 2.20 bits per heavy atom. The van der Waals surface area contributed by atoms with E-state index in [4.69, 9.17) is 4.42 Å². The molecule has 78 valence electrons. The normalized spacial score (nSPS) is 11.5. The van der Waals surface area contributed by atoms with E-state index in [1.54, 1.807) is 24.3 Å². The van der Waals surface area contributed by atoms with Crippen LogP contribution in [0, 0.1) is 6.92 Å². The Morgan fingerprint density at radius 1 is 1.00 bits per heavy atom. The molecular weight excluding hydrogens is 212 g/mol. The van der Waals surface area contributed by atoms with Crippen LogP contribution in [0.2, 0.25) is 0 Å². The van der Waals surface area contributed by atoms with E-state index >= 15 is 0 Å². The first-order valence-corrected chi connectivity index (χ1v) is 5.93. The van der Waals surface area contributed by atoms with E-state index in [0.717, 1.165) is 5.56 Å². The zero-order valence-corrected chi connectivity index (χ0v) is 8.99. The van der Waals surface area contributed by atoms with Crippen LogP contribution in [0.1, 0.15) is 5.56 Å². The third kappa shape index (κ3) is 1.80. The van der Waals surface area contributed by atoms with Gasteiger partial charge in [-0.25, -0.2) is 8.42 Å². The Labute approximate surface area is 88.3 Å². The van der Waals surface area contributed by atoms with Gasteiger partial charge < -0.3 is 4.42 Å². The van der Waals surface area contributed by atoms with Crippen LogP contribution in [0.15, 0.2) is 57.1 Å². The molecule has 1 aromatic carbocycles. The number of sulfone groups is 1. The number of aryl methyl sites for hydroxylation is 1. The van der Waals surface area contributed by atoms with Crippen LogP contribution in [0.4, 0.5) is 0 Å². The predicted octanol–water partition coefficient (Wildman–Crippen LogP) is 2.42. The summed E-state index contributed by atoms with van der Waals surface area (Å²) in [4.78, 5) is 0.473. The van der Waals surface area contributed by atoms with Gasteiger partial charge in [0.05, 0.1) is 11.2 Å². The molecule has 0 bridgehead atoms. The fourth-order valence-electron chi connectivity index (χ4n) is 1.26. The number of benzene rings is 1. The van der Waals surface area contributed by atoms with Gasteiger partial charge in [-0.15, -0.1) is 0 Å². The molecule has 15 heavy (non-hydrogen) atoms. The van der Waals surface area contributed by atoms with Gasteiger partial charge in [0, 0.05) is 0 Å². The summed E-state index contributed by atoms with van der Waals surface area (Å²) >= 11 is 0. The number of furan rings is 1. The van der Waals surface area contributed by atoms with Crippen LogP contribution in [-0.4, -0.2) is 8.42 Å². The summed E-state index contributed by atoms with van der Waals surface area (Å²) in [6.07, 6.45) is 2.58. The van der Waals surface area contributed by atoms with Crippen LogP contribution in [-0.2, 0) is 9.84 Å². The van der Waals surface area contributed by atoms with E-state index in [9.17, 15) is 8.42 Å². The largest absolute Gasteiger partial charge is 0.471 e. The average Bonchev–Trinajstić information content (AvgIpc) is 2.71. The lowest BCUT2D eigenvalue weighted by molar-refractivity contribution is 0.556. The molecular formula is C11H10O3S. The Bertz CT molecular complexity index is 536. The van der Waals surface area contributed by atoms with Crippen molar-refractivity contribution in [3.05, 3.63) is 48.4 Å². The first kappa shape index (κ1) is 9.98. The van der Waals surface area contributed by atoms with Gasteiger partial charge in [0.2, 0.25) is 9.84 Å². The molecule has 3 nitrogen and oxygen atoms in total. The van der Waals surface area contributed by atoms with Crippen molar-refractivity contribution in [3.8, 4) is 0 Å². The first-order valence-electron chi connectivity index (χ1n) is 4.45. The molecule has 1 heterocycles. The van der Waals surface area contributed by atoms with Crippen molar-refractivity contribution in [3.63, 3.8) is 0 Å². The highest BCUT2D eigenvalue weighted by atomic mass is 32.2. The predicted molar refractivity (Wildman–Crippen MR) is 55.3 cm³/mol. The van der Waals surface area contributed by atoms with Crippen LogP contribution in [0.5, 0.6) is 0 Å². The smallest absolute Gasteiger partial charge is 0.209 e. The highest BCUT2D eigenvalue weighted by molar-refractivity contribution is 7.91. The molecule has 0 amide bonds. The van der Waals surface area contributed by atoms with Crippen LogP contribution >= 0.6 is 0 Å². The van der Waals surface area contributed by atoms with Crippen LogP contribution < -0.4 is 0 Å². The standard InChI is InChI=1S/C11H10O3S/c1-9-2-4-10(5-3-9)15(12,13)11-6-7-14-8-11/h2-8H,1H3. The molecule has 0 aliphatic carbocycles. The van der Waals surface area contributed by atoms with E-state index < -0.39 is 9.84 Å². The average molecular weight is 222 g/mol. The number of rotatable bonds is 2. The molecule has 4 heteroatoms. The quantitative estimate of drug-likeness (QED) is 0.784. The summed E-state index contributed by atoms with van der Waals surface area (Å²) in [7, 11) is -3.41. The molecule has 0 radical (unpaired) electrons. The van der Waals surface area contributed by atoms with E-state index in [1.165, 1.54) is 18.6 Å². The van der Waals surface area contributed by atoms with Crippen molar-refractivity contribution in [2.24, 2.45) is 0 Å². The molecule has 0 atom stereocenters. The van der Waals surface area contributed by atoms with E-state index in [2.05, 4.69) is 0 Å². The minimum Gasteiger partial charge on any atom is -0.471 e. The fourth-order valence-corrected chi connectivity index (χ4v) is 2.44. The lowest BCUT2D eigenvalue weighted by Crippen LogP contribution is -1.99. The molecule has 1 aromatic heterocycles. The summed E-state index contributed by atoms with van der Waals surface area (Å²) in [5.41, 5.74) is 1.03. The van der Waals surface area contributed by atoms with E-state index in [1.807, 2.05) is 6.92 Å². The van der Waals surface area contributed by atoms with Crippen molar-refractivity contribution in [1.29, 1.82) is 0 Å². The highest BCUT2D eigenvalue weighted by Gasteiger charge is 2.17. The second-order valence-electron chi connectivity index (χ2n) is 3.28. The van der Waals surface area contributed by atoms with Crippen molar-refractivity contribution in [2.45, 2.75) is 16.7 Å².